The minimum atomic E-state index is 0.415. The Hall–Kier alpha value is -3.12. The van der Waals surface area contributed by atoms with Gasteiger partial charge in [0.1, 0.15) is 29.0 Å². The number of rotatable bonds is 5. The lowest BCUT2D eigenvalue weighted by Gasteiger charge is -2.08. The van der Waals surface area contributed by atoms with Crippen LogP contribution in [0.25, 0.3) is 22.4 Å². The monoisotopic (exact) mass is 366 g/mol. The third kappa shape index (κ3) is 3.19. The van der Waals surface area contributed by atoms with Crippen molar-refractivity contribution in [3.8, 4) is 17.0 Å². The maximum atomic E-state index is 5.97. The fourth-order valence-corrected chi connectivity index (χ4v) is 2.75. The molecule has 7 heteroatoms. The third-order valence-corrected chi connectivity index (χ3v) is 4.07. The van der Waals surface area contributed by atoms with Crippen LogP contribution in [0.15, 0.2) is 59.4 Å². The molecular weight excluding hydrogens is 352 g/mol. The third-order valence-electron chi connectivity index (χ3n) is 3.82. The van der Waals surface area contributed by atoms with E-state index in [1.807, 2.05) is 43.3 Å². The summed E-state index contributed by atoms with van der Waals surface area (Å²) in [6, 6.07) is 15.0. The molecule has 0 bridgehead atoms. The summed E-state index contributed by atoms with van der Waals surface area (Å²) in [7, 11) is 0. The Morgan fingerprint density at radius 1 is 1.04 bits per heavy atom. The van der Waals surface area contributed by atoms with Crippen LogP contribution >= 0.6 is 11.6 Å². The molecule has 2 aromatic carbocycles. The van der Waals surface area contributed by atoms with Crippen molar-refractivity contribution in [2.45, 2.75) is 6.92 Å². The van der Waals surface area contributed by atoms with Gasteiger partial charge in [0.15, 0.2) is 0 Å². The number of nitrogens with one attached hydrogen (secondary N) is 1. The fraction of sp³-hybridized carbons (Fsp3) is 0.105. The predicted octanol–water partition coefficient (Wildman–Crippen LogP) is 5.08. The summed E-state index contributed by atoms with van der Waals surface area (Å²) in [5, 5.41) is 8.82. The second-order valence-electron chi connectivity index (χ2n) is 5.52. The first kappa shape index (κ1) is 16.4. The molecule has 4 rings (SSSR count). The van der Waals surface area contributed by atoms with Gasteiger partial charge in [0.05, 0.1) is 6.61 Å². The summed E-state index contributed by atoms with van der Waals surface area (Å²) in [6.07, 6.45) is 1.44. The zero-order valence-electron chi connectivity index (χ0n) is 13.9. The van der Waals surface area contributed by atoms with Gasteiger partial charge >= 0.3 is 0 Å². The van der Waals surface area contributed by atoms with Crippen molar-refractivity contribution in [3.63, 3.8) is 0 Å². The van der Waals surface area contributed by atoms with E-state index in [0.29, 0.717) is 34.2 Å². The molecule has 4 aromatic rings. The molecule has 0 aliphatic rings. The van der Waals surface area contributed by atoms with Gasteiger partial charge in [-0.15, -0.1) is 0 Å². The van der Waals surface area contributed by atoms with Crippen molar-refractivity contribution in [2.75, 3.05) is 11.9 Å². The normalized spacial score (nSPS) is 10.8. The minimum absolute atomic E-state index is 0.415. The Bertz CT molecular complexity index is 1030. The number of ether oxygens (including phenoxy) is 1. The summed E-state index contributed by atoms with van der Waals surface area (Å²) in [4.78, 5) is 8.52. The molecule has 2 aromatic heterocycles. The van der Waals surface area contributed by atoms with Crippen LogP contribution in [0, 0.1) is 0 Å². The van der Waals surface area contributed by atoms with E-state index in [0.717, 1.165) is 17.0 Å². The van der Waals surface area contributed by atoms with Crippen LogP contribution < -0.4 is 10.1 Å². The molecule has 26 heavy (non-hydrogen) atoms. The number of anilines is 2. The van der Waals surface area contributed by atoms with Gasteiger partial charge < -0.3 is 14.6 Å². The van der Waals surface area contributed by atoms with Crippen molar-refractivity contribution in [3.05, 3.63) is 59.9 Å². The zero-order valence-corrected chi connectivity index (χ0v) is 14.7. The van der Waals surface area contributed by atoms with E-state index in [4.69, 9.17) is 20.9 Å². The number of halogens is 1. The van der Waals surface area contributed by atoms with Crippen molar-refractivity contribution < 1.29 is 9.26 Å². The number of hydrogen-bond acceptors (Lipinski definition) is 6. The SMILES string of the molecule is CCOc1ccc(Nc2ncnc3onc(-c4ccc(Cl)cc4)c23)cc1. The Kier molecular flexibility index (Phi) is 4.41. The summed E-state index contributed by atoms with van der Waals surface area (Å²) in [5.74, 6) is 1.43. The Morgan fingerprint density at radius 2 is 1.81 bits per heavy atom. The lowest BCUT2D eigenvalue weighted by Crippen LogP contribution is -1.96. The quantitative estimate of drug-likeness (QED) is 0.531. The highest BCUT2D eigenvalue weighted by Gasteiger charge is 2.17. The highest BCUT2D eigenvalue weighted by molar-refractivity contribution is 6.30. The highest BCUT2D eigenvalue weighted by Crippen LogP contribution is 2.33. The molecule has 0 unspecified atom stereocenters. The van der Waals surface area contributed by atoms with Crippen LogP contribution in [-0.2, 0) is 0 Å². The van der Waals surface area contributed by atoms with Gasteiger partial charge in [-0.1, -0.05) is 28.9 Å². The molecule has 2 heterocycles. The van der Waals surface area contributed by atoms with E-state index in [1.165, 1.54) is 6.33 Å². The molecular formula is C19H15ClN4O2. The van der Waals surface area contributed by atoms with Crippen LogP contribution in [0.2, 0.25) is 5.02 Å². The van der Waals surface area contributed by atoms with E-state index in [1.54, 1.807) is 12.1 Å². The average Bonchev–Trinajstić information content (AvgIpc) is 3.09. The van der Waals surface area contributed by atoms with Gasteiger partial charge in [0.25, 0.3) is 5.71 Å². The number of hydrogen-bond donors (Lipinski definition) is 1. The number of aromatic nitrogens is 3. The molecule has 0 atom stereocenters. The van der Waals surface area contributed by atoms with E-state index in [-0.39, 0.29) is 0 Å². The molecule has 0 aliphatic heterocycles. The first-order valence-electron chi connectivity index (χ1n) is 8.11. The highest BCUT2D eigenvalue weighted by atomic mass is 35.5. The zero-order chi connectivity index (χ0) is 17.9. The summed E-state index contributed by atoms with van der Waals surface area (Å²) < 4.78 is 10.8. The van der Waals surface area contributed by atoms with Crippen LogP contribution in [0.3, 0.4) is 0 Å². The smallest absolute Gasteiger partial charge is 0.263 e. The summed E-state index contributed by atoms with van der Waals surface area (Å²) in [6.45, 7) is 2.58. The van der Waals surface area contributed by atoms with Gasteiger partial charge in [0, 0.05) is 16.3 Å². The molecule has 6 nitrogen and oxygen atoms in total. The lowest BCUT2D eigenvalue weighted by molar-refractivity contribution is 0.340. The molecule has 0 fully saturated rings. The first-order chi connectivity index (χ1) is 12.7. The van der Waals surface area contributed by atoms with Gasteiger partial charge in [-0.2, -0.15) is 4.98 Å². The average molecular weight is 367 g/mol. The number of nitrogens with zero attached hydrogens (tertiary/aromatic N) is 3. The molecule has 1 N–H and O–H groups in total. The molecule has 130 valence electrons. The minimum Gasteiger partial charge on any atom is -0.494 e. The van der Waals surface area contributed by atoms with E-state index in [2.05, 4.69) is 20.4 Å². The van der Waals surface area contributed by atoms with Crippen LogP contribution in [-0.4, -0.2) is 21.7 Å². The first-order valence-corrected chi connectivity index (χ1v) is 8.48. The van der Waals surface area contributed by atoms with E-state index >= 15 is 0 Å². The molecule has 0 aliphatic carbocycles. The standard InChI is InChI=1S/C19H15ClN4O2/c1-2-25-15-9-7-14(8-10-15)23-18-16-17(12-3-5-13(20)6-4-12)24-26-19(16)22-11-21-18/h3-11H,2H2,1H3,(H,21,22,23). The lowest BCUT2D eigenvalue weighted by atomic mass is 10.1. The summed E-state index contributed by atoms with van der Waals surface area (Å²) >= 11 is 5.97. The van der Waals surface area contributed by atoms with Gasteiger partial charge in [-0.25, -0.2) is 4.98 Å². The van der Waals surface area contributed by atoms with Crippen LogP contribution in [0.4, 0.5) is 11.5 Å². The maximum Gasteiger partial charge on any atom is 0.263 e. The van der Waals surface area contributed by atoms with Gasteiger partial charge in [-0.05, 0) is 43.3 Å². The second-order valence-corrected chi connectivity index (χ2v) is 5.96. The maximum absolute atomic E-state index is 5.97. The van der Waals surface area contributed by atoms with Gasteiger partial charge in [-0.3, -0.25) is 0 Å². The van der Waals surface area contributed by atoms with Crippen LogP contribution in [0.5, 0.6) is 5.75 Å². The molecule has 0 spiro atoms. The second kappa shape index (κ2) is 7.01. The van der Waals surface area contributed by atoms with Crippen LogP contribution in [0.1, 0.15) is 6.92 Å². The topological polar surface area (TPSA) is 73.1 Å². The van der Waals surface area contributed by atoms with Crippen molar-refractivity contribution in [1.29, 1.82) is 0 Å². The van der Waals surface area contributed by atoms with Gasteiger partial charge in [0.2, 0.25) is 0 Å². The molecule has 0 saturated heterocycles. The Morgan fingerprint density at radius 3 is 2.54 bits per heavy atom. The Labute approximate surface area is 154 Å². The molecule has 0 radical (unpaired) electrons. The van der Waals surface area contributed by atoms with Crippen molar-refractivity contribution in [1.82, 2.24) is 15.1 Å². The van der Waals surface area contributed by atoms with E-state index < -0.39 is 0 Å². The molecule has 0 amide bonds. The largest absolute Gasteiger partial charge is 0.494 e. The summed E-state index contributed by atoms with van der Waals surface area (Å²) in [5.41, 5.74) is 2.82. The fourth-order valence-electron chi connectivity index (χ4n) is 2.62. The predicted molar refractivity (Wildman–Crippen MR) is 101 cm³/mol. The van der Waals surface area contributed by atoms with E-state index in [9.17, 15) is 0 Å². The number of fused-ring (bicyclic) bond motifs is 1. The van der Waals surface area contributed by atoms with Crippen molar-refractivity contribution in [2.24, 2.45) is 0 Å². The Balaban J connectivity index is 1.73. The molecule has 0 saturated carbocycles. The van der Waals surface area contributed by atoms with Crippen molar-refractivity contribution >= 4 is 34.2 Å². The number of benzene rings is 2.